The van der Waals surface area contributed by atoms with Crippen molar-refractivity contribution in [3.63, 3.8) is 0 Å². The molecule has 66 valence electrons. The van der Waals surface area contributed by atoms with Gasteiger partial charge in [0, 0.05) is 20.1 Å². The van der Waals surface area contributed by atoms with E-state index in [9.17, 15) is 4.79 Å². The van der Waals surface area contributed by atoms with Crippen LogP contribution in [0.1, 0.15) is 13.8 Å². The molecule has 0 aliphatic carbocycles. The first kappa shape index (κ1) is 10.2. The first-order valence-corrected chi connectivity index (χ1v) is 3.92. The summed E-state index contributed by atoms with van der Waals surface area (Å²) in [7, 11) is 1.55. The summed E-state index contributed by atoms with van der Waals surface area (Å²) < 4.78 is 4.82. The summed E-state index contributed by atoms with van der Waals surface area (Å²) >= 11 is 0. The van der Waals surface area contributed by atoms with E-state index in [0.717, 1.165) is 13.1 Å². The second-order valence-electron chi connectivity index (χ2n) is 1.94. The normalized spacial score (nSPS) is 15.5. The van der Waals surface area contributed by atoms with Crippen LogP contribution in [-0.4, -0.2) is 32.3 Å². The molecule has 1 rings (SSSR count). The molecule has 0 aromatic carbocycles. The van der Waals surface area contributed by atoms with E-state index in [-0.39, 0.29) is 12.2 Å². The van der Waals surface area contributed by atoms with Crippen molar-refractivity contribution in [2.24, 2.45) is 0 Å². The number of carbonyl (C=O) groups excluding carboxylic acids is 1. The zero-order valence-electron chi connectivity index (χ0n) is 7.31. The van der Waals surface area contributed by atoms with E-state index in [1.165, 1.54) is 0 Å². The van der Waals surface area contributed by atoms with Gasteiger partial charge in [0.2, 0.25) is 0 Å². The average Bonchev–Trinajstić information content (AvgIpc) is 2.00. The minimum atomic E-state index is -0.346. The molecule has 1 fully saturated rings. The third-order valence-electron chi connectivity index (χ3n) is 1.22. The Kier molecular flexibility index (Phi) is 5.56. The third kappa shape index (κ3) is 3.83. The molecule has 0 unspecified atom stereocenters. The topological polar surface area (TPSA) is 50.4 Å². The van der Waals surface area contributed by atoms with E-state index >= 15 is 0 Å². The highest BCUT2D eigenvalue weighted by atomic mass is 16.6. The quantitative estimate of drug-likeness (QED) is 0.581. The molecule has 1 heterocycles. The molecule has 1 saturated heterocycles. The second kappa shape index (κ2) is 5.97. The van der Waals surface area contributed by atoms with Crippen molar-refractivity contribution < 1.29 is 9.53 Å². The van der Waals surface area contributed by atoms with Crippen molar-refractivity contribution in [2.75, 3.05) is 20.1 Å². The Hall–Kier alpha value is -0.770. The summed E-state index contributed by atoms with van der Waals surface area (Å²) in [4.78, 5) is 10.5. The molecule has 0 radical (unpaired) electrons. The standard InChI is InChI=1S/C5H10N2O2.C2H6/c1-6-5(8)9-4-2-7-3-4;1-2/h4,7H,2-3H2,1H3,(H,6,8);1-2H3. The van der Waals surface area contributed by atoms with Gasteiger partial charge in [-0.3, -0.25) is 0 Å². The number of alkyl carbamates (subject to hydrolysis) is 1. The molecular weight excluding hydrogens is 144 g/mol. The third-order valence-corrected chi connectivity index (χ3v) is 1.22. The maximum atomic E-state index is 10.5. The lowest BCUT2D eigenvalue weighted by Crippen LogP contribution is -2.50. The Morgan fingerprint density at radius 3 is 2.36 bits per heavy atom. The van der Waals surface area contributed by atoms with Gasteiger partial charge in [-0.2, -0.15) is 0 Å². The SMILES string of the molecule is CC.CNC(=O)OC1CNC1. The highest BCUT2D eigenvalue weighted by Crippen LogP contribution is 1.96. The van der Waals surface area contributed by atoms with Crippen molar-refractivity contribution >= 4 is 6.09 Å². The van der Waals surface area contributed by atoms with E-state index in [4.69, 9.17) is 4.74 Å². The van der Waals surface area contributed by atoms with E-state index in [1.54, 1.807) is 7.05 Å². The average molecular weight is 160 g/mol. The van der Waals surface area contributed by atoms with Gasteiger partial charge in [-0.1, -0.05) is 13.8 Å². The Balaban J connectivity index is 0.000000461. The van der Waals surface area contributed by atoms with Gasteiger partial charge in [-0.15, -0.1) is 0 Å². The molecular formula is C7H16N2O2. The minimum absolute atomic E-state index is 0.0879. The number of rotatable bonds is 1. The molecule has 1 aliphatic rings. The van der Waals surface area contributed by atoms with Crippen molar-refractivity contribution in [3.8, 4) is 0 Å². The summed E-state index contributed by atoms with van der Waals surface area (Å²) in [6.07, 6.45) is -0.258. The Labute approximate surface area is 67.3 Å². The number of hydrogen-bond donors (Lipinski definition) is 2. The van der Waals surface area contributed by atoms with E-state index < -0.39 is 0 Å². The van der Waals surface area contributed by atoms with Crippen LogP contribution in [-0.2, 0) is 4.74 Å². The largest absolute Gasteiger partial charge is 0.444 e. The van der Waals surface area contributed by atoms with Crippen LogP contribution in [0.15, 0.2) is 0 Å². The molecule has 11 heavy (non-hydrogen) atoms. The zero-order chi connectivity index (χ0) is 8.69. The highest BCUT2D eigenvalue weighted by Gasteiger charge is 2.19. The molecule has 0 aromatic rings. The molecule has 4 nitrogen and oxygen atoms in total. The van der Waals surface area contributed by atoms with Gasteiger partial charge in [-0.05, 0) is 0 Å². The fraction of sp³-hybridized carbons (Fsp3) is 0.857. The zero-order valence-corrected chi connectivity index (χ0v) is 7.31. The van der Waals surface area contributed by atoms with E-state index in [0.29, 0.717) is 0 Å². The summed E-state index contributed by atoms with van der Waals surface area (Å²) in [6.45, 7) is 5.57. The first-order valence-electron chi connectivity index (χ1n) is 3.92. The van der Waals surface area contributed by atoms with Crippen LogP contribution in [0.25, 0.3) is 0 Å². The van der Waals surface area contributed by atoms with Crippen LogP contribution in [0.5, 0.6) is 0 Å². The molecule has 0 bridgehead atoms. The lowest BCUT2D eigenvalue weighted by atomic mass is 10.2. The van der Waals surface area contributed by atoms with Crippen LogP contribution in [0, 0.1) is 0 Å². The minimum Gasteiger partial charge on any atom is -0.444 e. The van der Waals surface area contributed by atoms with Crippen LogP contribution < -0.4 is 10.6 Å². The molecule has 1 aliphatic heterocycles. The fourth-order valence-corrected chi connectivity index (χ4v) is 0.556. The van der Waals surface area contributed by atoms with Crippen molar-refractivity contribution in [2.45, 2.75) is 20.0 Å². The predicted octanol–water partition coefficient (Wildman–Crippen LogP) is 0.340. The van der Waals surface area contributed by atoms with Crippen LogP contribution in [0.4, 0.5) is 4.79 Å². The predicted molar refractivity (Wildman–Crippen MR) is 43.5 cm³/mol. The van der Waals surface area contributed by atoms with Gasteiger partial charge in [-0.25, -0.2) is 4.79 Å². The smallest absolute Gasteiger partial charge is 0.407 e. The number of hydrogen-bond acceptors (Lipinski definition) is 3. The summed E-state index contributed by atoms with van der Waals surface area (Å²) in [5.41, 5.74) is 0. The van der Waals surface area contributed by atoms with E-state index in [2.05, 4.69) is 10.6 Å². The highest BCUT2D eigenvalue weighted by molar-refractivity contribution is 5.66. The number of ether oxygens (including phenoxy) is 1. The number of nitrogens with one attached hydrogen (secondary N) is 2. The monoisotopic (exact) mass is 160 g/mol. The Morgan fingerprint density at radius 2 is 2.09 bits per heavy atom. The van der Waals surface area contributed by atoms with Crippen LogP contribution in [0.3, 0.4) is 0 Å². The van der Waals surface area contributed by atoms with Crippen molar-refractivity contribution in [1.29, 1.82) is 0 Å². The second-order valence-corrected chi connectivity index (χ2v) is 1.94. The Morgan fingerprint density at radius 1 is 1.55 bits per heavy atom. The first-order chi connectivity index (χ1) is 5.33. The number of amides is 1. The van der Waals surface area contributed by atoms with Gasteiger partial charge in [0.15, 0.2) is 0 Å². The molecule has 0 spiro atoms. The van der Waals surface area contributed by atoms with Gasteiger partial charge < -0.3 is 15.4 Å². The van der Waals surface area contributed by atoms with Crippen molar-refractivity contribution in [3.05, 3.63) is 0 Å². The summed E-state index contributed by atoms with van der Waals surface area (Å²) in [6, 6.07) is 0. The van der Waals surface area contributed by atoms with Gasteiger partial charge >= 0.3 is 6.09 Å². The maximum absolute atomic E-state index is 10.5. The molecule has 2 N–H and O–H groups in total. The molecule has 4 heteroatoms. The Bertz CT molecular complexity index is 113. The summed E-state index contributed by atoms with van der Waals surface area (Å²) in [5.74, 6) is 0. The van der Waals surface area contributed by atoms with E-state index in [1.807, 2.05) is 13.8 Å². The lowest BCUT2D eigenvalue weighted by Gasteiger charge is -2.26. The lowest BCUT2D eigenvalue weighted by molar-refractivity contribution is 0.0686. The molecule has 1 amide bonds. The van der Waals surface area contributed by atoms with Gasteiger partial charge in [0.05, 0.1) is 0 Å². The van der Waals surface area contributed by atoms with Crippen molar-refractivity contribution in [1.82, 2.24) is 10.6 Å². The molecule has 0 aromatic heterocycles. The summed E-state index contributed by atoms with van der Waals surface area (Å²) in [5, 5.41) is 5.36. The molecule has 0 saturated carbocycles. The van der Waals surface area contributed by atoms with Crippen LogP contribution >= 0.6 is 0 Å². The number of carbonyl (C=O) groups is 1. The van der Waals surface area contributed by atoms with Crippen LogP contribution in [0.2, 0.25) is 0 Å². The molecule has 0 atom stereocenters. The maximum Gasteiger partial charge on any atom is 0.407 e. The van der Waals surface area contributed by atoms with Gasteiger partial charge in [0.25, 0.3) is 0 Å². The fourth-order valence-electron chi connectivity index (χ4n) is 0.556. The van der Waals surface area contributed by atoms with Gasteiger partial charge in [0.1, 0.15) is 6.10 Å².